The Hall–Kier alpha value is -1.30. The Bertz CT molecular complexity index is 244. The SMILES string of the molecule is CCCNC(=O)CNC(=NC)NCCCOCC. The van der Waals surface area contributed by atoms with Crippen LogP contribution in [0.1, 0.15) is 26.7 Å². The minimum absolute atomic E-state index is 0.0193. The summed E-state index contributed by atoms with van der Waals surface area (Å²) in [5.74, 6) is 0.618. The topological polar surface area (TPSA) is 74.8 Å². The van der Waals surface area contributed by atoms with Crippen LogP contribution >= 0.6 is 0 Å². The molecule has 106 valence electrons. The molecule has 0 fully saturated rings. The molecular formula is C12H26N4O2. The van der Waals surface area contributed by atoms with Gasteiger partial charge in [-0.05, 0) is 19.8 Å². The van der Waals surface area contributed by atoms with Crippen LogP contribution in [0.5, 0.6) is 0 Å². The van der Waals surface area contributed by atoms with Gasteiger partial charge in [0.25, 0.3) is 0 Å². The van der Waals surface area contributed by atoms with Gasteiger partial charge in [0, 0.05) is 33.4 Å². The number of carbonyl (C=O) groups excluding carboxylic acids is 1. The van der Waals surface area contributed by atoms with Crippen LogP contribution < -0.4 is 16.0 Å². The van der Waals surface area contributed by atoms with E-state index in [1.165, 1.54) is 0 Å². The summed E-state index contributed by atoms with van der Waals surface area (Å²) in [6.45, 7) is 7.19. The predicted molar refractivity (Wildman–Crippen MR) is 73.8 cm³/mol. The molecule has 0 unspecified atom stereocenters. The summed E-state index contributed by atoms with van der Waals surface area (Å²) in [7, 11) is 1.68. The molecule has 0 saturated carbocycles. The van der Waals surface area contributed by atoms with Crippen molar-refractivity contribution in [2.75, 3.05) is 39.9 Å². The summed E-state index contributed by atoms with van der Waals surface area (Å²) in [6, 6.07) is 0. The van der Waals surface area contributed by atoms with Gasteiger partial charge in [0.05, 0.1) is 6.54 Å². The Morgan fingerprint density at radius 1 is 1.17 bits per heavy atom. The van der Waals surface area contributed by atoms with Crippen molar-refractivity contribution in [2.24, 2.45) is 4.99 Å². The number of rotatable bonds is 9. The average molecular weight is 258 g/mol. The van der Waals surface area contributed by atoms with Gasteiger partial charge in [0.1, 0.15) is 0 Å². The minimum Gasteiger partial charge on any atom is -0.382 e. The molecule has 6 heteroatoms. The van der Waals surface area contributed by atoms with Crippen LogP contribution in [0.25, 0.3) is 0 Å². The number of carbonyl (C=O) groups is 1. The molecule has 0 aromatic heterocycles. The zero-order chi connectivity index (χ0) is 13.6. The van der Waals surface area contributed by atoms with Gasteiger partial charge in [0.15, 0.2) is 5.96 Å². The summed E-state index contributed by atoms with van der Waals surface area (Å²) in [5.41, 5.74) is 0. The van der Waals surface area contributed by atoms with Gasteiger partial charge >= 0.3 is 0 Å². The fourth-order valence-electron chi connectivity index (χ4n) is 1.24. The zero-order valence-electron chi connectivity index (χ0n) is 11.7. The van der Waals surface area contributed by atoms with Crippen molar-refractivity contribution in [1.82, 2.24) is 16.0 Å². The molecule has 0 saturated heterocycles. The van der Waals surface area contributed by atoms with E-state index in [1.54, 1.807) is 7.05 Å². The molecular weight excluding hydrogens is 232 g/mol. The van der Waals surface area contributed by atoms with Crippen LogP contribution in [0.15, 0.2) is 4.99 Å². The zero-order valence-corrected chi connectivity index (χ0v) is 11.7. The van der Waals surface area contributed by atoms with Gasteiger partial charge in [-0.25, -0.2) is 0 Å². The Labute approximate surface area is 110 Å². The van der Waals surface area contributed by atoms with E-state index in [0.29, 0.717) is 12.5 Å². The van der Waals surface area contributed by atoms with Crippen molar-refractivity contribution in [2.45, 2.75) is 26.7 Å². The van der Waals surface area contributed by atoms with E-state index < -0.39 is 0 Å². The first kappa shape index (κ1) is 16.7. The maximum Gasteiger partial charge on any atom is 0.239 e. The fourth-order valence-corrected chi connectivity index (χ4v) is 1.24. The molecule has 0 radical (unpaired) electrons. The number of nitrogens with one attached hydrogen (secondary N) is 3. The monoisotopic (exact) mass is 258 g/mol. The van der Waals surface area contributed by atoms with Crippen molar-refractivity contribution in [3.63, 3.8) is 0 Å². The Balaban J connectivity index is 3.61. The number of hydrogen-bond donors (Lipinski definition) is 3. The molecule has 0 atom stereocenters. The number of guanidine groups is 1. The number of nitrogens with zero attached hydrogens (tertiary/aromatic N) is 1. The first-order valence-electron chi connectivity index (χ1n) is 6.53. The minimum atomic E-state index is -0.0193. The summed E-state index contributed by atoms with van der Waals surface area (Å²) in [6.07, 6.45) is 1.85. The highest BCUT2D eigenvalue weighted by molar-refractivity contribution is 5.86. The lowest BCUT2D eigenvalue weighted by Crippen LogP contribution is -2.43. The van der Waals surface area contributed by atoms with Gasteiger partial charge in [-0.3, -0.25) is 9.79 Å². The average Bonchev–Trinajstić information content (AvgIpc) is 2.39. The molecule has 0 spiro atoms. The van der Waals surface area contributed by atoms with Crippen LogP contribution in [-0.4, -0.2) is 51.8 Å². The summed E-state index contributed by atoms with van der Waals surface area (Å²) in [4.78, 5) is 15.4. The molecule has 0 aromatic rings. The van der Waals surface area contributed by atoms with Crippen molar-refractivity contribution in [1.29, 1.82) is 0 Å². The van der Waals surface area contributed by atoms with Crippen LogP contribution in [0.2, 0.25) is 0 Å². The number of hydrogen-bond acceptors (Lipinski definition) is 3. The standard InChI is InChI=1S/C12H26N4O2/c1-4-7-14-11(17)10-16-12(13-3)15-8-6-9-18-5-2/h4-10H2,1-3H3,(H,14,17)(H2,13,15,16). The van der Waals surface area contributed by atoms with E-state index in [4.69, 9.17) is 4.74 Å². The lowest BCUT2D eigenvalue weighted by atomic mass is 10.4. The fraction of sp³-hybridized carbons (Fsp3) is 0.833. The van der Waals surface area contributed by atoms with Crippen LogP contribution in [0, 0.1) is 0 Å². The third kappa shape index (κ3) is 9.89. The normalized spacial score (nSPS) is 11.2. The molecule has 0 aliphatic rings. The van der Waals surface area contributed by atoms with E-state index >= 15 is 0 Å². The van der Waals surface area contributed by atoms with E-state index in [-0.39, 0.29) is 12.5 Å². The number of ether oxygens (including phenoxy) is 1. The van der Waals surface area contributed by atoms with Gasteiger partial charge in [-0.2, -0.15) is 0 Å². The van der Waals surface area contributed by atoms with Crippen LogP contribution in [0.4, 0.5) is 0 Å². The largest absolute Gasteiger partial charge is 0.382 e. The van der Waals surface area contributed by atoms with Crippen molar-refractivity contribution in [3.8, 4) is 0 Å². The lowest BCUT2D eigenvalue weighted by molar-refractivity contribution is -0.120. The smallest absolute Gasteiger partial charge is 0.239 e. The number of aliphatic imine (C=N–C) groups is 1. The highest BCUT2D eigenvalue weighted by Gasteiger charge is 2.01. The van der Waals surface area contributed by atoms with Crippen LogP contribution in [0.3, 0.4) is 0 Å². The van der Waals surface area contributed by atoms with Gasteiger partial charge < -0.3 is 20.7 Å². The third-order valence-corrected chi connectivity index (χ3v) is 2.17. The molecule has 18 heavy (non-hydrogen) atoms. The highest BCUT2D eigenvalue weighted by atomic mass is 16.5. The molecule has 6 nitrogen and oxygen atoms in total. The van der Waals surface area contributed by atoms with E-state index in [2.05, 4.69) is 20.9 Å². The van der Waals surface area contributed by atoms with Gasteiger partial charge in [0.2, 0.25) is 5.91 Å². The molecule has 0 heterocycles. The quantitative estimate of drug-likeness (QED) is 0.312. The molecule has 0 aliphatic carbocycles. The Morgan fingerprint density at radius 2 is 1.94 bits per heavy atom. The van der Waals surface area contributed by atoms with E-state index in [0.717, 1.165) is 32.6 Å². The van der Waals surface area contributed by atoms with Crippen molar-refractivity contribution in [3.05, 3.63) is 0 Å². The second kappa shape index (κ2) is 12.2. The van der Waals surface area contributed by atoms with E-state index in [1.807, 2.05) is 13.8 Å². The highest BCUT2D eigenvalue weighted by Crippen LogP contribution is 1.80. The molecule has 0 bridgehead atoms. The third-order valence-electron chi connectivity index (χ3n) is 2.17. The Morgan fingerprint density at radius 3 is 2.56 bits per heavy atom. The molecule has 0 aromatic carbocycles. The first-order chi connectivity index (χ1) is 8.74. The molecule has 3 N–H and O–H groups in total. The van der Waals surface area contributed by atoms with Gasteiger partial charge in [-0.15, -0.1) is 0 Å². The second-order valence-corrected chi connectivity index (χ2v) is 3.75. The van der Waals surface area contributed by atoms with Crippen molar-refractivity contribution >= 4 is 11.9 Å². The second-order valence-electron chi connectivity index (χ2n) is 3.75. The van der Waals surface area contributed by atoms with E-state index in [9.17, 15) is 4.79 Å². The van der Waals surface area contributed by atoms with Crippen LogP contribution in [-0.2, 0) is 9.53 Å². The van der Waals surface area contributed by atoms with Crippen molar-refractivity contribution < 1.29 is 9.53 Å². The molecule has 0 rings (SSSR count). The summed E-state index contributed by atoms with van der Waals surface area (Å²) >= 11 is 0. The Kier molecular flexibility index (Phi) is 11.3. The maximum absolute atomic E-state index is 11.4. The first-order valence-corrected chi connectivity index (χ1v) is 6.53. The predicted octanol–water partition coefficient (Wildman–Crippen LogP) is 0.104. The summed E-state index contributed by atoms with van der Waals surface area (Å²) in [5, 5.41) is 8.87. The maximum atomic E-state index is 11.4. The lowest BCUT2D eigenvalue weighted by Gasteiger charge is -2.11. The summed E-state index contributed by atoms with van der Waals surface area (Å²) < 4.78 is 5.23. The van der Waals surface area contributed by atoms with Gasteiger partial charge in [-0.1, -0.05) is 6.92 Å². The molecule has 0 aliphatic heterocycles. The number of amides is 1. The molecule has 1 amide bonds.